The molecule has 0 bridgehead atoms. The highest BCUT2D eigenvalue weighted by molar-refractivity contribution is 5.96. The van der Waals surface area contributed by atoms with Crippen molar-refractivity contribution in [3.05, 3.63) is 46.2 Å². The molecule has 0 amide bonds. The van der Waals surface area contributed by atoms with Crippen LogP contribution in [-0.2, 0) is 11.3 Å². The number of fused-ring (bicyclic) bond motifs is 5. The van der Waals surface area contributed by atoms with E-state index in [-0.39, 0.29) is 17.0 Å². The van der Waals surface area contributed by atoms with Crippen molar-refractivity contribution in [3.8, 4) is 17.1 Å². The standard InChI is InChI=1S/C24H27N3O5/c1-24(2,3)20-11-27-22(17-9-18(28)16(23(29)30)10-26(17)20)15-5-4-6-19(21(15)25-27)32-13-14-7-8-31-12-14/h4-6,9-10,14,20H,7-8,11-13H2,1-3H3,(H,29,30). The third kappa shape index (κ3) is 3.39. The minimum atomic E-state index is -1.21. The van der Waals surface area contributed by atoms with Gasteiger partial charge in [0.05, 0.1) is 37.2 Å². The molecular formula is C24H27N3O5. The average molecular weight is 437 g/mol. The lowest BCUT2D eigenvalue weighted by molar-refractivity contribution is 0.0693. The summed E-state index contributed by atoms with van der Waals surface area (Å²) >= 11 is 0. The first kappa shape index (κ1) is 20.8. The van der Waals surface area contributed by atoms with Crippen molar-refractivity contribution >= 4 is 16.9 Å². The van der Waals surface area contributed by atoms with Gasteiger partial charge in [-0.3, -0.25) is 9.48 Å². The molecule has 8 nitrogen and oxygen atoms in total. The minimum Gasteiger partial charge on any atom is -0.491 e. The van der Waals surface area contributed by atoms with Gasteiger partial charge < -0.3 is 19.1 Å². The molecule has 8 heteroatoms. The first-order chi connectivity index (χ1) is 15.2. The van der Waals surface area contributed by atoms with Gasteiger partial charge in [-0.2, -0.15) is 5.10 Å². The summed E-state index contributed by atoms with van der Waals surface area (Å²) in [5, 5.41) is 15.3. The number of aromatic carboxylic acids is 1. The number of carboxylic acids is 1. The van der Waals surface area contributed by atoms with Crippen LogP contribution in [0.4, 0.5) is 0 Å². The zero-order valence-corrected chi connectivity index (χ0v) is 18.5. The second-order valence-electron chi connectivity index (χ2n) is 9.75. The monoisotopic (exact) mass is 437 g/mol. The van der Waals surface area contributed by atoms with Crippen LogP contribution < -0.4 is 10.2 Å². The lowest BCUT2D eigenvalue weighted by Gasteiger charge is -2.38. The van der Waals surface area contributed by atoms with Crippen molar-refractivity contribution < 1.29 is 19.4 Å². The topological polar surface area (TPSA) is 95.6 Å². The lowest BCUT2D eigenvalue weighted by atomic mass is 9.85. The summed E-state index contributed by atoms with van der Waals surface area (Å²) in [6, 6.07) is 7.17. The molecular weight excluding hydrogens is 410 g/mol. The fourth-order valence-electron chi connectivity index (χ4n) is 4.67. The van der Waals surface area contributed by atoms with Crippen LogP contribution in [0, 0.1) is 11.3 Å². The molecule has 2 aliphatic heterocycles. The Morgan fingerprint density at radius 1 is 1.34 bits per heavy atom. The molecule has 1 saturated heterocycles. The van der Waals surface area contributed by atoms with Crippen LogP contribution in [0.25, 0.3) is 22.3 Å². The predicted molar refractivity (Wildman–Crippen MR) is 119 cm³/mol. The number of ether oxygens (including phenoxy) is 2. The normalized spacial score (nSPS) is 20.2. The zero-order chi connectivity index (χ0) is 22.6. The van der Waals surface area contributed by atoms with E-state index in [9.17, 15) is 14.7 Å². The summed E-state index contributed by atoms with van der Waals surface area (Å²) in [6.45, 7) is 8.94. The van der Waals surface area contributed by atoms with E-state index in [0.717, 1.165) is 29.6 Å². The third-order valence-corrected chi connectivity index (χ3v) is 6.47. The fourth-order valence-corrected chi connectivity index (χ4v) is 4.67. The molecule has 1 N–H and O–H groups in total. The van der Waals surface area contributed by atoms with E-state index in [1.165, 1.54) is 12.3 Å². The number of hydrogen-bond donors (Lipinski definition) is 1. The van der Waals surface area contributed by atoms with Crippen molar-refractivity contribution in [2.45, 2.75) is 39.8 Å². The van der Waals surface area contributed by atoms with E-state index in [0.29, 0.717) is 37.1 Å². The van der Waals surface area contributed by atoms with Gasteiger partial charge in [0.1, 0.15) is 16.8 Å². The molecule has 2 unspecified atom stereocenters. The Kier molecular flexibility index (Phi) is 4.85. The van der Waals surface area contributed by atoms with Crippen LogP contribution in [0.1, 0.15) is 43.6 Å². The van der Waals surface area contributed by atoms with Crippen molar-refractivity contribution in [1.82, 2.24) is 14.3 Å². The molecule has 1 aromatic carbocycles. The van der Waals surface area contributed by atoms with Gasteiger partial charge in [-0.15, -0.1) is 0 Å². The molecule has 168 valence electrons. The number of benzene rings is 1. The van der Waals surface area contributed by atoms with Crippen molar-refractivity contribution in [2.75, 3.05) is 19.8 Å². The maximum Gasteiger partial charge on any atom is 0.341 e. The third-order valence-electron chi connectivity index (χ3n) is 6.47. The summed E-state index contributed by atoms with van der Waals surface area (Å²) in [5.74, 6) is -0.130. The highest BCUT2D eigenvalue weighted by Crippen LogP contribution is 2.43. The van der Waals surface area contributed by atoms with E-state index < -0.39 is 11.4 Å². The van der Waals surface area contributed by atoms with Crippen LogP contribution in [0.15, 0.2) is 35.3 Å². The van der Waals surface area contributed by atoms with E-state index >= 15 is 0 Å². The summed E-state index contributed by atoms with van der Waals surface area (Å²) in [7, 11) is 0. The summed E-state index contributed by atoms with van der Waals surface area (Å²) in [5.41, 5.74) is 1.32. The van der Waals surface area contributed by atoms with Crippen molar-refractivity contribution in [1.29, 1.82) is 0 Å². The van der Waals surface area contributed by atoms with Gasteiger partial charge in [0, 0.05) is 30.2 Å². The maximum absolute atomic E-state index is 12.6. The van der Waals surface area contributed by atoms with Crippen molar-refractivity contribution in [2.24, 2.45) is 11.3 Å². The number of aromatic nitrogens is 3. The molecule has 3 aromatic rings. The number of nitrogens with zero attached hydrogens (tertiary/aromatic N) is 3. The number of pyridine rings is 1. The van der Waals surface area contributed by atoms with E-state index in [1.807, 2.05) is 27.4 Å². The van der Waals surface area contributed by atoms with Gasteiger partial charge in [0.25, 0.3) is 0 Å². The van der Waals surface area contributed by atoms with Gasteiger partial charge in [-0.05, 0) is 17.9 Å². The number of carbonyl (C=O) groups is 1. The van der Waals surface area contributed by atoms with E-state index in [1.54, 1.807) is 0 Å². The molecule has 2 aliphatic rings. The molecule has 2 atom stereocenters. The lowest BCUT2D eigenvalue weighted by Crippen LogP contribution is -2.35. The molecule has 0 saturated carbocycles. The Bertz CT molecular complexity index is 1260. The molecule has 5 rings (SSSR count). The van der Waals surface area contributed by atoms with Gasteiger partial charge in [-0.1, -0.05) is 32.9 Å². The molecule has 32 heavy (non-hydrogen) atoms. The SMILES string of the molecule is CC(C)(C)C1Cn2nc3c(OCC4CCOC4)cccc3c2-c2cc(=O)c(C(=O)O)cn21. The molecule has 0 aliphatic carbocycles. The second kappa shape index (κ2) is 7.48. The molecule has 4 heterocycles. The Balaban J connectivity index is 1.66. The van der Waals surface area contributed by atoms with Crippen LogP contribution in [-0.4, -0.2) is 45.2 Å². The molecule has 0 spiro atoms. The molecule has 1 fully saturated rings. The number of hydrogen-bond acceptors (Lipinski definition) is 5. The Hall–Kier alpha value is -3.13. The van der Waals surface area contributed by atoms with Gasteiger partial charge in [0.2, 0.25) is 0 Å². The van der Waals surface area contributed by atoms with E-state index in [2.05, 4.69) is 20.8 Å². The average Bonchev–Trinajstić information content (AvgIpc) is 3.38. The maximum atomic E-state index is 12.6. The Morgan fingerprint density at radius 2 is 2.16 bits per heavy atom. The summed E-state index contributed by atoms with van der Waals surface area (Å²) in [4.78, 5) is 24.3. The summed E-state index contributed by atoms with van der Waals surface area (Å²) < 4.78 is 15.4. The van der Waals surface area contributed by atoms with Gasteiger partial charge in [0.15, 0.2) is 5.43 Å². The number of carboxylic acid groups (broad SMARTS) is 1. The first-order valence-corrected chi connectivity index (χ1v) is 10.9. The van der Waals surface area contributed by atoms with Crippen LogP contribution in [0.2, 0.25) is 0 Å². The second-order valence-corrected chi connectivity index (χ2v) is 9.75. The van der Waals surface area contributed by atoms with Crippen molar-refractivity contribution in [3.63, 3.8) is 0 Å². The molecule has 0 radical (unpaired) electrons. The molecule has 2 aromatic heterocycles. The van der Waals surface area contributed by atoms with E-state index in [4.69, 9.17) is 14.6 Å². The Morgan fingerprint density at radius 3 is 2.84 bits per heavy atom. The van der Waals surface area contributed by atoms with Crippen LogP contribution in [0.5, 0.6) is 5.75 Å². The quantitative estimate of drug-likeness (QED) is 0.670. The zero-order valence-electron chi connectivity index (χ0n) is 18.5. The summed E-state index contributed by atoms with van der Waals surface area (Å²) in [6.07, 6.45) is 2.48. The fraction of sp³-hybridized carbons (Fsp3) is 0.458. The van der Waals surface area contributed by atoms with Gasteiger partial charge in [-0.25, -0.2) is 4.79 Å². The minimum absolute atomic E-state index is 0.0713. The van der Waals surface area contributed by atoms with Crippen LogP contribution in [0.3, 0.4) is 0 Å². The largest absolute Gasteiger partial charge is 0.491 e. The smallest absolute Gasteiger partial charge is 0.341 e. The highest BCUT2D eigenvalue weighted by atomic mass is 16.5. The van der Waals surface area contributed by atoms with Gasteiger partial charge >= 0.3 is 5.97 Å². The predicted octanol–water partition coefficient (Wildman–Crippen LogP) is 3.58. The Labute approximate surface area is 185 Å². The highest BCUT2D eigenvalue weighted by Gasteiger charge is 2.35. The van der Waals surface area contributed by atoms with Crippen LogP contribution >= 0.6 is 0 Å². The first-order valence-electron chi connectivity index (χ1n) is 10.9. The number of rotatable bonds is 4.